The van der Waals surface area contributed by atoms with Crippen LogP contribution in [0.4, 0.5) is 5.69 Å². The zero-order valence-electron chi connectivity index (χ0n) is 16.3. The zero-order valence-corrected chi connectivity index (χ0v) is 17.1. The van der Waals surface area contributed by atoms with E-state index in [1.165, 1.54) is 0 Å². The van der Waals surface area contributed by atoms with Crippen molar-refractivity contribution in [2.45, 2.75) is 20.1 Å². The van der Waals surface area contributed by atoms with Gasteiger partial charge >= 0.3 is 0 Å². The minimum atomic E-state index is -0.344. The largest absolute Gasteiger partial charge is 0.485 e. The molecule has 2 aromatic carbocycles. The topological polar surface area (TPSA) is 69.3 Å². The molecule has 30 heavy (non-hydrogen) atoms. The predicted molar refractivity (Wildman–Crippen MR) is 115 cm³/mol. The third-order valence-corrected chi connectivity index (χ3v) is 4.75. The Balaban J connectivity index is 1.34. The normalized spacial score (nSPS) is 10.7. The van der Waals surface area contributed by atoms with Gasteiger partial charge in [0.15, 0.2) is 5.76 Å². The average Bonchev–Trinajstić information content (AvgIpc) is 3.39. The fourth-order valence-corrected chi connectivity index (χ4v) is 3.05. The third-order valence-electron chi connectivity index (χ3n) is 4.50. The van der Waals surface area contributed by atoms with E-state index in [0.717, 1.165) is 16.9 Å². The van der Waals surface area contributed by atoms with Crippen molar-refractivity contribution in [1.29, 1.82) is 0 Å². The number of carbonyl (C=O) groups excluding carboxylic acids is 1. The van der Waals surface area contributed by atoms with E-state index in [9.17, 15) is 4.79 Å². The lowest BCUT2D eigenvalue weighted by Gasteiger charge is -2.06. The van der Waals surface area contributed by atoms with E-state index in [0.29, 0.717) is 23.0 Å². The van der Waals surface area contributed by atoms with Gasteiger partial charge in [0.25, 0.3) is 5.91 Å². The van der Waals surface area contributed by atoms with E-state index < -0.39 is 0 Å². The van der Waals surface area contributed by atoms with E-state index in [2.05, 4.69) is 10.4 Å². The Labute approximate surface area is 179 Å². The average molecular weight is 422 g/mol. The molecular weight excluding hydrogens is 402 g/mol. The number of furan rings is 1. The molecule has 0 aliphatic carbocycles. The number of carbonyl (C=O) groups is 1. The number of nitrogens with one attached hydrogen (secondary N) is 1. The molecule has 0 radical (unpaired) electrons. The summed E-state index contributed by atoms with van der Waals surface area (Å²) in [5, 5.41) is 7.76. The molecule has 0 atom stereocenters. The van der Waals surface area contributed by atoms with Gasteiger partial charge in [-0.2, -0.15) is 5.10 Å². The smallest absolute Gasteiger partial charge is 0.291 e. The number of aromatic nitrogens is 2. The predicted octanol–water partition coefficient (Wildman–Crippen LogP) is 5.32. The highest BCUT2D eigenvalue weighted by molar-refractivity contribution is 6.30. The highest BCUT2D eigenvalue weighted by atomic mass is 35.5. The van der Waals surface area contributed by atoms with Crippen LogP contribution in [-0.2, 0) is 13.2 Å². The first-order chi connectivity index (χ1) is 14.6. The molecule has 152 valence electrons. The van der Waals surface area contributed by atoms with Crippen molar-refractivity contribution in [1.82, 2.24) is 9.78 Å². The summed E-state index contributed by atoms with van der Waals surface area (Å²) in [4.78, 5) is 12.5. The minimum Gasteiger partial charge on any atom is -0.485 e. The SMILES string of the molecule is Cc1ccccc1OCc1ccc(C(=O)Nc2cnn(Cc3ccc(Cl)cc3)c2)o1. The Morgan fingerprint density at radius 1 is 1.13 bits per heavy atom. The lowest BCUT2D eigenvalue weighted by molar-refractivity contribution is 0.0992. The van der Waals surface area contributed by atoms with E-state index in [1.807, 2.05) is 55.5 Å². The summed E-state index contributed by atoms with van der Waals surface area (Å²) in [6.45, 7) is 2.80. The molecule has 0 fully saturated rings. The summed E-state index contributed by atoms with van der Waals surface area (Å²) < 4.78 is 13.1. The first kappa shape index (κ1) is 19.8. The Morgan fingerprint density at radius 3 is 2.73 bits per heavy atom. The van der Waals surface area contributed by atoms with Crippen LogP contribution in [0.5, 0.6) is 5.75 Å². The van der Waals surface area contributed by atoms with Crippen LogP contribution in [0.3, 0.4) is 0 Å². The van der Waals surface area contributed by atoms with Gasteiger partial charge in [0.1, 0.15) is 18.1 Å². The van der Waals surface area contributed by atoms with Crippen molar-refractivity contribution in [2.75, 3.05) is 5.32 Å². The van der Waals surface area contributed by atoms with Crippen LogP contribution in [0.25, 0.3) is 0 Å². The Morgan fingerprint density at radius 2 is 1.93 bits per heavy atom. The number of aryl methyl sites for hydroxylation is 1. The number of hydrogen-bond donors (Lipinski definition) is 1. The maximum absolute atomic E-state index is 12.5. The maximum atomic E-state index is 12.5. The van der Waals surface area contributed by atoms with Gasteiger partial charge in [-0.05, 0) is 48.4 Å². The molecule has 1 amide bonds. The molecule has 0 aliphatic heterocycles. The summed E-state index contributed by atoms with van der Waals surface area (Å²) in [6, 6.07) is 18.6. The second kappa shape index (κ2) is 8.88. The molecule has 0 spiro atoms. The van der Waals surface area contributed by atoms with Gasteiger partial charge < -0.3 is 14.5 Å². The van der Waals surface area contributed by atoms with Crippen molar-refractivity contribution in [3.05, 3.63) is 101 Å². The lowest BCUT2D eigenvalue weighted by Crippen LogP contribution is -2.10. The number of amides is 1. The summed E-state index contributed by atoms with van der Waals surface area (Å²) >= 11 is 5.91. The van der Waals surface area contributed by atoms with Gasteiger partial charge in [0.2, 0.25) is 0 Å². The second-order valence-electron chi connectivity index (χ2n) is 6.83. The molecule has 2 heterocycles. The summed E-state index contributed by atoms with van der Waals surface area (Å²) in [6.07, 6.45) is 3.36. The highest BCUT2D eigenvalue weighted by Crippen LogP contribution is 2.19. The quantitative estimate of drug-likeness (QED) is 0.438. The van der Waals surface area contributed by atoms with Crippen molar-refractivity contribution in [3.63, 3.8) is 0 Å². The highest BCUT2D eigenvalue weighted by Gasteiger charge is 2.13. The molecule has 1 N–H and O–H groups in total. The summed E-state index contributed by atoms with van der Waals surface area (Å²) in [5.74, 6) is 1.22. The minimum absolute atomic E-state index is 0.212. The van der Waals surface area contributed by atoms with Gasteiger partial charge in [-0.15, -0.1) is 0 Å². The molecule has 4 aromatic rings. The molecule has 0 bridgehead atoms. The number of ether oxygens (including phenoxy) is 1. The van der Waals surface area contributed by atoms with Gasteiger partial charge in [-0.25, -0.2) is 0 Å². The number of benzene rings is 2. The van der Waals surface area contributed by atoms with E-state index in [1.54, 1.807) is 29.2 Å². The van der Waals surface area contributed by atoms with Crippen molar-refractivity contribution in [3.8, 4) is 5.75 Å². The van der Waals surface area contributed by atoms with E-state index in [4.69, 9.17) is 20.8 Å². The third kappa shape index (κ3) is 4.90. The van der Waals surface area contributed by atoms with E-state index in [-0.39, 0.29) is 18.3 Å². The fraction of sp³-hybridized carbons (Fsp3) is 0.130. The summed E-state index contributed by atoms with van der Waals surface area (Å²) in [7, 11) is 0. The number of hydrogen-bond acceptors (Lipinski definition) is 4. The number of rotatable bonds is 7. The van der Waals surface area contributed by atoms with Crippen LogP contribution in [0.2, 0.25) is 5.02 Å². The molecule has 0 saturated heterocycles. The monoisotopic (exact) mass is 421 g/mol. The van der Waals surface area contributed by atoms with E-state index >= 15 is 0 Å². The zero-order chi connectivity index (χ0) is 20.9. The van der Waals surface area contributed by atoms with Gasteiger partial charge in [0, 0.05) is 11.2 Å². The molecule has 6 nitrogen and oxygen atoms in total. The van der Waals surface area contributed by atoms with Gasteiger partial charge in [-0.1, -0.05) is 41.9 Å². The first-order valence-corrected chi connectivity index (χ1v) is 9.80. The van der Waals surface area contributed by atoms with Crippen molar-refractivity contribution < 1.29 is 13.9 Å². The Hall–Kier alpha value is -3.51. The van der Waals surface area contributed by atoms with Gasteiger partial charge in [-0.3, -0.25) is 9.48 Å². The fourth-order valence-electron chi connectivity index (χ4n) is 2.93. The first-order valence-electron chi connectivity index (χ1n) is 9.42. The van der Waals surface area contributed by atoms with Crippen molar-refractivity contribution in [2.24, 2.45) is 0 Å². The second-order valence-corrected chi connectivity index (χ2v) is 7.26. The van der Waals surface area contributed by atoms with Crippen LogP contribution in [0.15, 0.2) is 77.5 Å². The maximum Gasteiger partial charge on any atom is 0.291 e. The van der Waals surface area contributed by atoms with Crippen LogP contribution in [0, 0.1) is 6.92 Å². The van der Waals surface area contributed by atoms with Crippen molar-refractivity contribution >= 4 is 23.2 Å². The van der Waals surface area contributed by atoms with Crippen LogP contribution in [0.1, 0.15) is 27.4 Å². The number of nitrogens with zero attached hydrogens (tertiary/aromatic N) is 2. The molecule has 7 heteroatoms. The van der Waals surface area contributed by atoms with Crippen LogP contribution < -0.4 is 10.1 Å². The Kier molecular flexibility index (Phi) is 5.86. The number of anilines is 1. The molecule has 0 saturated carbocycles. The molecule has 0 unspecified atom stereocenters. The summed E-state index contributed by atoms with van der Waals surface area (Å²) in [5.41, 5.74) is 2.69. The molecular formula is C23H20ClN3O3. The Bertz CT molecular complexity index is 1150. The molecule has 2 aromatic heterocycles. The standard InChI is InChI=1S/C23H20ClN3O3/c1-16-4-2-3-5-21(16)29-15-20-10-11-22(30-20)23(28)26-19-12-25-27(14-19)13-17-6-8-18(24)9-7-17/h2-12,14H,13,15H2,1H3,(H,26,28). The number of para-hydroxylation sites is 1. The van der Waals surface area contributed by atoms with Crippen LogP contribution in [-0.4, -0.2) is 15.7 Å². The lowest BCUT2D eigenvalue weighted by atomic mass is 10.2. The van der Waals surface area contributed by atoms with Crippen LogP contribution >= 0.6 is 11.6 Å². The molecule has 0 aliphatic rings. The van der Waals surface area contributed by atoms with Gasteiger partial charge in [0.05, 0.1) is 18.4 Å². The number of halogens is 1. The molecule has 4 rings (SSSR count).